The van der Waals surface area contributed by atoms with Gasteiger partial charge in [0.15, 0.2) is 5.17 Å². The van der Waals surface area contributed by atoms with E-state index in [9.17, 15) is 13.2 Å². The van der Waals surface area contributed by atoms with E-state index in [0.29, 0.717) is 16.5 Å². The number of hydrogen-bond donors (Lipinski definition) is 0. The van der Waals surface area contributed by atoms with Gasteiger partial charge in [-0.1, -0.05) is 17.7 Å². The van der Waals surface area contributed by atoms with Gasteiger partial charge in [-0.15, -0.1) is 15.7 Å². The molecule has 2 aromatic rings. The Labute approximate surface area is 159 Å². The number of carbonyl (C=O) groups excluding carboxylic acids is 1. The van der Waals surface area contributed by atoms with Crippen LogP contribution in [-0.2, 0) is 14.8 Å². The summed E-state index contributed by atoms with van der Waals surface area (Å²) in [5.74, 6) is -0.244. The van der Waals surface area contributed by atoms with Gasteiger partial charge in [0.1, 0.15) is 0 Å². The van der Waals surface area contributed by atoms with Crippen LogP contribution >= 0.6 is 34.7 Å². The zero-order chi connectivity index (χ0) is 18.0. The number of benzene rings is 1. The molecule has 1 amide bonds. The summed E-state index contributed by atoms with van der Waals surface area (Å²) in [5.41, 5.74) is 0. The van der Waals surface area contributed by atoms with Crippen molar-refractivity contribution in [2.45, 2.75) is 11.8 Å². The lowest BCUT2D eigenvalue weighted by Crippen LogP contribution is -2.29. The molecule has 5 nitrogen and oxygen atoms in total. The number of hydrogen-bond acceptors (Lipinski definition) is 5. The van der Waals surface area contributed by atoms with E-state index >= 15 is 0 Å². The number of sulfonamides is 1. The van der Waals surface area contributed by atoms with Crippen molar-refractivity contribution in [1.82, 2.24) is 4.90 Å². The molecule has 25 heavy (non-hydrogen) atoms. The summed E-state index contributed by atoms with van der Waals surface area (Å²) >= 11 is 8.35. The van der Waals surface area contributed by atoms with Gasteiger partial charge >= 0.3 is 0 Å². The number of rotatable bonds is 4. The number of thioether (sulfide) groups is 1. The third kappa shape index (κ3) is 3.98. The highest BCUT2D eigenvalue weighted by atomic mass is 35.5. The van der Waals surface area contributed by atoms with Crippen molar-refractivity contribution >= 4 is 61.9 Å². The summed E-state index contributed by atoms with van der Waals surface area (Å²) in [6.45, 7) is 2.11. The quantitative estimate of drug-likeness (QED) is 0.709. The summed E-state index contributed by atoms with van der Waals surface area (Å²) < 4.78 is 28.9. The highest BCUT2D eigenvalue weighted by Crippen LogP contribution is 2.34. The van der Waals surface area contributed by atoms with Gasteiger partial charge in [0.05, 0.1) is 9.80 Å². The highest BCUT2D eigenvalue weighted by molar-refractivity contribution is 8.19. The highest BCUT2D eigenvalue weighted by Gasteiger charge is 2.34. The Balaban J connectivity index is 1.96. The summed E-state index contributed by atoms with van der Waals surface area (Å²) in [6, 6.07) is 9.53. The summed E-state index contributed by atoms with van der Waals surface area (Å²) in [6.07, 6.45) is 1.75. The summed E-state index contributed by atoms with van der Waals surface area (Å²) in [4.78, 5) is 15.3. The molecular formula is C16H13ClN2O3S3. The van der Waals surface area contributed by atoms with Gasteiger partial charge in [0.25, 0.3) is 15.9 Å². The predicted molar refractivity (Wildman–Crippen MR) is 103 cm³/mol. The summed E-state index contributed by atoms with van der Waals surface area (Å²) in [7, 11) is -3.92. The van der Waals surface area contributed by atoms with Gasteiger partial charge in [-0.2, -0.15) is 8.42 Å². The lowest BCUT2D eigenvalue weighted by molar-refractivity contribution is -0.122. The second kappa shape index (κ2) is 7.33. The number of halogens is 1. The molecule has 1 aromatic heterocycles. The first-order valence-corrected chi connectivity index (χ1v) is 10.8. The first kappa shape index (κ1) is 18.2. The lowest BCUT2D eigenvalue weighted by Gasteiger charge is -2.11. The van der Waals surface area contributed by atoms with Crippen LogP contribution in [0.4, 0.5) is 0 Å². The SMILES string of the molecule is CCN1C(=O)/C(=C/c2cccs2)SC1=NS(=O)(=O)c1ccc(Cl)cc1. The molecule has 0 aliphatic carbocycles. The maximum Gasteiger partial charge on any atom is 0.284 e. The van der Waals surface area contributed by atoms with Crippen molar-refractivity contribution < 1.29 is 13.2 Å². The minimum absolute atomic E-state index is 0.0317. The second-order valence-corrected chi connectivity index (χ2v) is 9.01. The van der Waals surface area contributed by atoms with Crippen LogP contribution in [0.3, 0.4) is 0 Å². The third-order valence-electron chi connectivity index (χ3n) is 3.33. The molecule has 9 heteroatoms. The normalized spacial score (nSPS) is 18.5. The van der Waals surface area contributed by atoms with Gasteiger partial charge < -0.3 is 0 Å². The molecule has 1 saturated heterocycles. The zero-order valence-corrected chi connectivity index (χ0v) is 16.3. The average Bonchev–Trinajstić information content (AvgIpc) is 3.17. The maximum atomic E-state index is 12.5. The molecule has 1 fully saturated rings. The molecule has 130 valence electrons. The Hall–Kier alpha value is -1.61. The molecule has 1 aliphatic heterocycles. The fourth-order valence-electron chi connectivity index (χ4n) is 2.12. The van der Waals surface area contributed by atoms with Gasteiger partial charge in [0.2, 0.25) is 0 Å². The van der Waals surface area contributed by atoms with Crippen molar-refractivity contribution in [2.24, 2.45) is 4.40 Å². The first-order valence-electron chi connectivity index (χ1n) is 7.26. The second-order valence-electron chi connectivity index (χ2n) is 4.98. The Kier molecular flexibility index (Phi) is 5.33. The molecule has 1 aliphatic rings. The van der Waals surface area contributed by atoms with E-state index in [1.807, 2.05) is 17.5 Å². The number of amidine groups is 1. The van der Waals surface area contributed by atoms with Crippen LogP contribution in [0, 0.1) is 0 Å². The minimum Gasteiger partial charge on any atom is -0.286 e. The van der Waals surface area contributed by atoms with E-state index in [1.165, 1.54) is 40.5 Å². The number of nitrogens with zero attached hydrogens (tertiary/aromatic N) is 2. The molecule has 3 rings (SSSR count). The van der Waals surface area contributed by atoms with E-state index < -0.39 is 10.0 Å². The Morgan fingerprint density at radius 2 is 1.96 bits per heavy atom. The average molecular weight is 413 g/mol. The van der Waals surface area contributed by atoms with Crippen LogP contribution in [0.25, 0.3) is 6.08 Å². The first-order chi connectivity index (χ1) is 11.9. The molecule has 0 bridgehead atoms. The minimum atomic E-state index is -3.92. The van der Waals surface area contributed by atoms with E-state index in [4.69, 9.17) is 11.6 Å². The fourth-order valence-corrected chi connectivity index (χ4v) is 5.21. The topological polar surface area (TPSA) is 66.8 Å². The van der Waals surface area contributed by atoms with Crippen molar-refractivity contribution in [3.8, 4) is 0 Å². The van der Waals surface area contributed by atoms with E-state index in [2.05, 4.69) is 4.40 Å². The number of thiophene rings is 1. The maximum absolute atomic E-state index is 12.5. The van der Waals surface area contributed by atoms with Crippen molar-refractivity contribution in [3.63, 3.8) is 0 Å². The smallest absolute Gasteiger partial charge is 0.284 e. The van der Waals surface area contributed by atoms with Gasteiger partial charge in [0, 0.05) is 16.4 Å². The largest absolute Gasteiger partial charge is 0.286 e. The van der Waals surface area contributed by atoms with Crippen LogP contribution in [0.15, 0.2) is 56.0 Å². The molecule has 0 unspecified atom stereocenters. The molecule has 0 saturated carbocycles. The number of carbonyl (C=O) groups is 1. The van der Waals surface area contributed by atoms with Crippen LogP contribution in [0.2, 0.25) is 5.02 Å². The fraction of sp³-hybridized carbons (Fsp3) is 0.125. The van der Waals surface area contributed by atoms with Crippen molar-refractivity contribution in [2.75, 3.05) is 6.54 Å². The third-order valence-corrected chi connectivity index (χ3v) is 6.81. The molecule has 0 atom stereocenters. The Morgan fingerprint density at radius 3 is 2.56 bits per heavy atom. The molecule has 0 N–H and O–H groups in total. The predicted octanol–water partition coefficient (Wildman–Crippen LogP) is 4.08. The molecule has 2 heterocycles. The standard InChI is InChI=1S/C16H13ClN2O3S3/c1-2-19-15(20)14(10-12-4-3-9-23-12)24-16(19)18-25(21,22)13-7-5-11(17)6-8-13/h3-10H,2H2,1H3/b14-10-,18-16?. The Morgan fingerprint density at radius 1 is 1.24 bits per heavy atom. The van der Waals surface area contributed by atoms with Gasteiger partial charge in [-0.25, -0.2) is 0 Å². The van der Waals surface area contributed by atoms with Gasteiger partial charge in [-0.05, 0) is 60.5 Å². The molecular weight excluding hydrogens is 400 g/mol. The monoisotopic (exact) mass is 412 g/mol. The van der Waals surface area contributed by atoms with E-state index in [1.54, 1.807) is 13.0 Å². The zero-order valence-electron chi connectivity index (χ0n) is 13.0. The molecule has 1 aromatic carbocycles. The lowest BCUT2D eigenvalue weighted by atomic mass is 10.4. The van der Waals surface area contributed by atoms with Crippen LogP contribution in [0.5, 0.6) is 0 Å². The van der Waals surface area contributed by atoms with Gasteiger partial charge in [-0.3, -0.25) is 9.69 Å². The van der Waals surface area contributed by atoms with E-state index in [-0.39, 0.29) is 16.0 Å². The van der Waals surface area contributed by atoms with Crippen LogP contribution in [0.1, 0.15) is 11.8 Å². The van der Waals surface area contributed by atoms with Crippen LogP contribution in [-0.4, -0.2) is 30.9 Å². The number of amides is 1. The van der Waals surface area contributed by atoms with Crippen molar-refractivity contribution in [1.29, 1.82) is 0 Å². The summed E-state index contributed by atoms with van der Waals surface area (Å²) in [5, 5.41) is 2.51. The molecule has 0 radical (unpaired) electrons. The van der Waals surface area contributed by atoms with Crippen LogP contribution < -0.4 is 0 Å². The van der Waals surface area contributed by atoms with Crippen molar-refractivity contribution in [3.05, 3.63) is 56.6 Å². The molecule has 0 spiro atoms. The number of likely N-dealkylation sites (N-methyl/N-ethyl adjacent to an activating group) is 1. The van der Waals surface area contributed by atoms with E-state index in [0.717, 1.165) is 16.6 Å². The Bertz CT molecular complexity index is 949.